The Hall–Kier alpha value is -0.660. The fourth-order valence-electron chi connectivity index (χ4n) is 1.35. The van der Waals surface area contributed by atoms with E-state index in [0.717, 1.165) is 32.0 Å². The number of carbonyl (C=O) groups excluding carboxylic acids is 2. The van der Waals surface area contributed by atoms with Crippen molar-refractivity contribution in [2.24, 2.45) is 5.41 Å². The minimum Gasteiger partial charge on any atom is -0.302 e. The van der Waals surface area contributed by atoms with Crippen molar-refractivity contribution >= 4 is 12.6 Å². The summed E-state index contributed by atoms with van der Waals surface area (Å²) in [6.45, 7) is 4.11. The Balaban J connectivity index is 4.13. The lowest BCUT2D eigenvalue weighted by molar-refractivity contribution is -0.113. The molecule has 75 valence electrons. The van der Waals surface area contributed by atoms with Gasteiger partial charge in [0.15, 0.2) is 0 Å². The second kappa shape index (κ2) is 6.81. The van der Waals surface area contributed by atoms with E-state index in [1.165, 1.54) is 0 Å². The monoisotopic (exact) mass is 183 g/mol. The first kappa shape index (κ1) is 12.3. The fourth-order valence-corrected chi connectivity index (χ4v) is 1.35. The van der Waals surface area contributed by atoms with Crippen LogP contribution in [-0.2, 0) is 9.59 Å². The molecular formula is C11H19O2. The van der Waals surface area contributed by atoms with Gasteiger partial charge in [-0.2, -0.15) is 0 Å². The highest BCUT2D eigenvalue weighted by Gasteiger charge is 2.28. The van der Waals surface area contributed by atoms with Gasteiger partial charge >= 0.3 is 0 Å². The molecule has 0 aliphatic heterocycles. The van der Waals surface area contributed by atoms with Gasteiger partial charge in [-0.1, -0.05) is 39.5 Å². The predicted molar refractivity (Wildman–Crippen MR) is 53.2 cm³/mol. The molecule has 0 saturated heterocycles. The van der Waals surface area contributed by atoms with Crippen LogP contribution in [0.15, 0.2) is 0 Å². The van der Waals surface area contributed by atoms with Crippen molar-refractivity contribution in [3.8, 4) is 0 Å². The number of aldehydes is 1. The van der Waals surface area contributed by atoms with Crippen LogP contribution in [0.5, 0.6) is 0 Å². The first-order valence-electron chi connectivity index (χ1n) is 5.10. The topological polar surface area (TPSA) is 34.1 Å². The van der Waals surface area contributed by atoms with Crippen molar-refractivity contribution in [2.45, 2.75) is 52.4 Å². The molecule has 2 nitrogen and oxygen atoms in total. The lowest BCUT2D eigenvalue weighted by Gasteiger charge is -2.19. The summed E-state index contributed by atoms with van der Waals surface area (Å²) >= 11 is 0. The average Bonchev–Trinajstić information content (AvgIpc) is 2.20. The molecule has 2 heteroatoms. The largest absolute Gasteiger partial charge is 0.302 e. The minimum absolute atomic E-state index is 0.663. The standard InChI is InChI=1S/C11H19O2/c1-3-5-7-11(9-12,10-13)8-6-4-2/h9H,3-8H2,1-2H3. The van der Waals surface area contributed by atoms with E-state index in [1.54, 1.807) is 0 Å². The zero-order valence-corrected chi connectivity index (χ0v) is 8.64. The summed E-state index contributed by atoms with van der Waals surface area (Å²) in [5.74, 6) is 0. The van der Waals surface area contributed by atoms with Crippen LogP contribution in [-0.4, -0.2) is 12.6 Å². The summed E-state index contributed by atoms with van der Waals surface area (Å²) < 4.78 is 0. The summed E-state index contributed by atoms with van der Waals surface area (Å²) in [7, 11) is 0. The predicted octanol–water partition coefficient (Wildman–Crippen LogP) is 2.66. The fraction of sp³-hybridized carbons (Fsp3) is 0.818. The summed E-state index contributed by atoms with van der Waals surface area (Å²) in [5, 5.41) is 0. The van der Waals surface area contributed by atoms with Crippen molar-refractivity contribution in [3.63, 3.8) is 0 Å². The van der Waals surface area contributed by atoms with Crippen molar-refractivity contribution in [1.29, 1.82) is 0 Å². The SMILES string of the molecule is CCCCC([C]=O)(C=O)CCCC. The molecular weight excluding hydrogens is 164 g/mol. The van der Waals surface area contributed by atoms with Gasteiger partial charge in [-0.3, -0.25) is 4.79 Å². The maximum absolute atomic E-state index is 10.8. The molecule has 0 aromatic carbocycles. The molecule has 0 aromatic rings. The van der Waals surface area contributed by atoms with E-state index in [2.05, 4.69) is 13.8 Å². The molecule has 1 radical (unpaired) electrons. The van der Waals surface area contributed by atoms with Crippen LogP contribution < -0.4 is 0 Å². The molecule has 0 heterocycles. The Morgan fingerprint density at radius 1 is 1.15 bits per heavy atom. The molecule has 0 fully saturated rings. The van der Waals surface area contributed by atoms with Gasteiger partial charge < -0.3 is 4.79 Å². The van der Waals surface area contributed by atoms with E-state index < -0.39 is 5.41 Å². The smallest absolute Gasteiger partial charge is 0.212 e. The molecule has 0 atom stereocenters. The van der Waals surface area contributed by atoms with Gasteiger partial charge in [0, 0.05) is 0 Å². The van der Waals surface area contributed by atoms with E-state index in [4.69, 9.17) is 0 Å². The number of rotatable bonds is 8. The normalized spacial score (nSPS) is 11.2. The van der Waals surface area contributed by atoms with E-state index in [1.807, 2.05) is 6.29 Å². The van der Waals surface area contributed by atoms with Crippen LogP contribution in [0, 0.1) is 5.41 Å². The van der Waals surface area contributed by atoms with Gasteiger partial charge in [-0.05, 0) is 12.8 Å². The molecule has 0 aromatic heterocycles. The summed E-state index contributed by atoms with van der Waals surface area (Å²) in [6.07, 6.45) is 7.92. The Kier molecular flexibility index (Phi) is 6.47. The lowest BCUT2D eigenvalue weighted by Crippen LogP contribution is -2.24. The Morgan fingerprint density at radius 2 is 1.62 bits per heavy atom. The van der Waals surface area contributed by atoms with Crippen LogP contribution in [0.25, 0.3) is 0 Å². The Labute approximate surface area is 80.7 Å². The first-order chi connectivity index (χ1) is 6.24. The quantitative estimate of drug-likeness (QED) is 0.428. The van der Waals surface area contributed by atoms with Crippen LogP contribution in [0.2, 0.25) is 0 Å². The summed E-state index contributed by atoms with van der Waals surface area (Å²) in [5.41, 5.74) is -0.800. The first-order valence-corrected chi connectivity index (χ1v) is 5.10. The van der Waals surface area contributed by atoms with Crippen LogP contribution in [0.3, 0.4) is 0 Å². The molecule has 0 spiro atoms. The second-order valence-electron chi connectivity index (χ2n) is 3.58. The third kappa shape index (κ3) is 4.20. The van der Waals surface area contributed by atoms with Crippen molar-refractivity contribution in [1.82, 2.24) is 0 Å². The van der Waals surface area contributed by atoms with E-state index in [9.17, 15) is 9.59 Å². The maximum Gasteiger partial charge on any atom is 0.212 e. The highest BCUT2D eigenvalue weighted by molar-refractivity contribution is 5.83. The Bertz CT molecular complexity index is 134. The number of hydrogen-bond acceptors (Lipinski definition) is 2. The highest BCUT2D eigenvalue weighted by Crippen LogP contribution is 2.26. The van der Waals surface area contributed by atoms with E-state index >= 15 is 0 Å². The van der Waals surface area contributed by atoms with Crippen LogP contribution in [0.1, 0.15) is 52.4 Å². The minimum atomic E-state index is -0.800. The van der Waals surface area contributed by atoms with Crippen molar-refractivity contribution in [3.05, 3.63) is 0 Å². The number of carbonyl (C=O) groups is 1. The van der Waals surface area contributed by atoms with Crippen molar-refractivity contribution in [2.75, 3.05) is 0 Å². The molecule has 0 bridgehead atoms. The zero-order valence-electron chi connectivity index (χ0n) is 8.64. The molecule has 0 amide bonds. The van der Waals surface area contributed by atoms with E-state index in [-0.39, 0.29) is 0 Å². The van der Waals surface area contributed by atoms with Gasteiger partial charge in [0.2, 0.25) is 6.29 Å². The van der Waals surface area contributed by atoms with Gasteiger partial charge in [-0.15, -0.1) is 0 Å². The highest BCUT2D eigenvalue weighted by atomic mass is 16.1. The molecule has 0 aliphatic carbocycles. The zero-order chi connectivity index (χ0) is 10.2. The van der Waals surface area contributed by atoms with Gasteiger partial charge in [0.05, 0.1) is 5.41 Å². The third-order valence-corrected chi connectivity index (χ3v) is 2.38. The van der Waals surface area contributed by atoms with Gasteiger partial charge in [0.1, 0.15) is 6.29 Å². The molecule has 13 heavy (non-hydrogen) atoms. The van der Waals surface area contributed by atoms with Crippen LogP contribution >= 0.6 is 0 Å². The molecule has 0 unspecified atom stereocenters. The molecule has 0 aliphatic rings. The van der Waals surface area contributed by atoms with Crippen LogP contribution in [0.4, 0.5) is 0 Å². The maximum atomic E-state index is 10.8. The number of unbranched alkanes of at least 4 members (excludes halogenated alkanes) is 2. The molecule has 0 N–H and O–H groups in total. The number of hydrogen-bond donors (Lipinski definition) is 0. The third-order valence-electron chi connectivity index (χ3n) is 2.38. The Morgan fingerprint density at radius 3 is 1.85 bits per heavy atom. The molecule has 0 rings (SSSR count). The summed E-state index contributed by atoms with van der Waals surface area (Å²) in [6, 6.07) is 0. The van der Waals surface area contributed by atoms with Crippen molar-refractivity contribution < 1.29 is 9.59 Å². The van der Waals surface area contributed by atoms with Gasteiger partial charge in [-0.25, -0.2) is 0 Å². The average molecular weight is 183 g/mol. The lowest BCUT2D eigenvalue weighted by atomic mass is 9.81. The van der Waals surface area contributed by atoms with E-state index in [0.29, 0.717) is 12.8 Å². The van der Waals surface area contributed by atoms with Gasteiger partial charge in [0.25, 0.3) is 0 Å². The summed E-state index contributed by atoms with van der Waals surface area (Å²) in [4.78, 5) is 21.5. The second-order valence-corrected chi connectivity index (χ2v) is 3.58. The molecule has 0 saturated carbocycles.